The minimum absolute atomic E-state index is 0.0528. The highest BCUT2D eigenvalue weighted by atomic mass is 35.5. The number of carbonyl (C=O) groups excluding carboxylic acids is 1. The second-order valence-corrected chi connectivity index (χ2v) is 10.1. The van der Waals surface area contributed by atoms with Crippen LogP contribution in [-0.4, -0.2) is 16.0 Å². The van der Waals surface area contributed by atoms with Crippen molar-refractivity contribution in [1.29, 1.82) is 0 Å². The maximum atomic E-state index is 12.5. The second kappa shape index (κ2) is 11.4. The van der Waals surface area contributed by atoms with Crippen LogP contribution in [0.4, 0.5) is 16.2 Å². The SMILES string of the molecule is O=C(OCc1cc([N+](=O)[O-])c(Cl)cc1C1CCCC1)OCc1cc([N+](=O)[O-])c(Cl)cc1C1CCCC1. The summed E-state index contributed by atoms with van der Waals surface area (Å²) in [5.74, 6) is 0.392. The van der Waals surface area contributed by atoms with E-state index in [1.807, 2.05) is 0 Å². The Labute approximate surface area is 218 Å². The molecule has 2 aliphatic rings. The summed E-state index contributed by atoms with van der Waals surface area (Å²) in [7, 11) is 0. The Morgan fingerprint density at radius 3 is 1.44 bits per heavy atom. The summed E-state index contributed by atoms with van der Waals surface area (Å²) in [6.45, 7) is -0.419. The summed E-state index contributed by atoms with van der Waals surface area (Å²) in [6.07, 6.45) is 6.98. The van der Waals surface area contributed by atoms with Gasteiger partial charge in [0.1, 0.15) is 23.3 Å². The first-order valence-corrected chi connectivity index (χ1v) is 12.7. The number of nitro benzene ring substituents is 2. The van der Waals surface area contributed by atoms with Gasteiger partial charge >= 0.3 is 6.16 Å². The number of rotatable bonds is 8. The normalized spacial score (nSPS) is 16.3. The highest BCUT2D eigenvalue weighted by molar-refractivity contribution is 6.33. The van der Waals surface area contributed by atoms with Crippen LogP contribution in [0.5, 0.6) is 0 Å². The lowest BCUT2D eigenvalue weighted by Crippen LogP contribution is -2.11. The van der Waals surface area contributed by atoms with E-state index in [9.17, 15) is 25.0 Å². The van der Waals surface area contributed by atoms with E-state index in [2.05, 4.69) is 0 Å². The predicted molar refractivity (Wildman–Crippen MR) is 134 cm³/mol. The van der Waals surface area contributed by atoms with Gasteiger partial charge in [-0.2, -0.15) is 0 Å². The van der Waals surface area contributed by atoms with Crippen molar-refractivity contribution in [2.24, 2.45) is 0 Å². The van der Waals surface area contributed by atoms with Gasteiger partial charge in [0, 0.05) is 12.1 Å². The Morgan fingerprint density at radius 2 is 1.11 bits per heavy atom. The third-order valence-electron chi connectivity index (χ3n) is 7.09. The molecule has 0 spiro atoms. The van der Waals surface area contributed by atoms with Gasteiger partial charge in [0.05, 0.1) is 9.85 Å². The quantitative estimate of drug-likeness (QED) is 0.190. The highest BCUT2D eigenvalue weighted by Gasteiger charge is 2.27. The molecule has 0 amide bonds. The number of nitrogens with zero attached hydrogens (tertiary/aromatic N) is 2. The Morgan fingerprint density at radius 1 is 0.750 bits per heavy atom. The molecule has 0 saturated heterocycles. The Balaban J connectivity index is 1.48. The second-order valence-electron chi connectivity index (χ2n) is 9.31. The van der Waals surface area contributed by atoms with Gasteiger partial charge in [-0.15, -0.1) is 0 Å². The van der Waals surface area contributed by atoms with E-state index >= 15 is 0 Å². The number of hydrogen-bond donors (Lipinski definition) is 0. The molecule has 0 heterocycles. The van der Waals surface area contributed by atoms with Crippen LogP contribution < -0.4 is 0 Å². The largest absolute Gasteiger partial charge is 0.508 e. The molecule has 2 aromatic carbocycles. The van der Waals surface area contributed by atoms with Gasteiger partial charge in [-0.3, -0.25) is 20.2 Å². The van der Waals surface area contributed by atoms with Crippen LogP contribution in [0.15, 0.2) is 24.3 Å². The third kappa shape index (κ3) is 5.90. The maximum Gasteiger partial charge on any atom is 0.508 e. The molecule has 11 heteroatoms. The third-order valence-corrected chi connectivity index (χ3v) is 7.70. The molecule has 192 valence electrons. The van der Waals surface area contributed by atoms with E-state index in [1.54, 1.807) is 12.1 Å². The molecule has 0 aliphatic heterocycles. The molecule has 2 aliphatic carbocycles. The van der Waals surface area contributed by atoms with Crippen molar-refractivity contribution in [3.05, 3.63) is 76.8 Å². The lowest BCUT2D eigenvalue weighted by molar-refractivity contribution is -0.384. The molecule has 0 atom stereocenters. The molecule has 0 N–H and O–H groups in total. The van der Waals surface area contributed by atoms with Gasteiger partial charge in [0.25, 0.3) is 11.4 Å². The standard InChI is InChI=1S/C25H26Cl2N2O7/c26-21-11-19(15-5-1-2-6-15)17(9-23(21)28(31)32)13-35-25(30)36-14-18-10-24(29(33)34)22(27)12-20(18)16-7-3-4-8-16/h9-12,15-16H,1-8,13-14H2. The number of ether oxygens (including phenoxy) is 2. The molecule has 0 bridgehead atoms. The number of hydrogen-bond acceptors (Lipinski definition) is 7. The van der Waals surface area contributed by atoms with Crippen LogP contribution >= 0.6 is 23.2 Å². The van der Waals surface area contributed by atoms with Crippen LogP contribution in [0, 0.1) is 20.2 Å². The Hall–Kier alpha value is -2.91. The van der Waals surface area contributed by atoms with E-state index < -0.39 is 16.0 Å². The maximum absolute atomic E-state index is 12.5. The van der Waals surface area contributed by atoms with Crippen LogP contribution in [0.2, 0.25) is 10.0 Å². The van der Waals surface area contributed by atoms with E-state index in [4.69, 9.17) is 32.7 Å². The zero-order valence-corrected chi connectivity index (χ0v) is 21.1. The van der Waals surface area contributed by atoms with Gasteiger partial charge in [0.2, 0.25) is 0 Å². The average molecular weight is 537 g/mol. The van der Waals surface area contributed by atoms with Crippen molar-refractivity contribution >= 4 is 40.7 Å². The summed E-state index contributed by atoms with van der Waals surface area (Å²) in [6, 6.07) is 5.90. The summed E-state index contributed by atoms with van der Waals surface area (Å²) < 4.78 is 10.6. The van der Waals surface area contributed by atoms with E-state index in [0.29, 0.717) is 11.1 Å². The molecule has 36 heavy (non-hydrogen) atoms. The van der Waals surface area contributed by atoms with Crippen LogP contribution in [-0.2, 0) is 22.7 Å². The summed E-state index contributed by atoms with van der Waals surface area (Å²) in [5.41, 5.74) is 2.22. The number of benzene rings is 2. The van der Waals surface area contributed by atoms with Crippen molar-refractivity contribution in [1.82, 2.24) is 0 Å². The molecule has 0 radical (unpaired) electrons. The average Bonchev–Trinajstić information content (AvgIpc) is 3.56. The number of halogens is 2. The first-order valence-electron chi connectivity index (χ1n) is 12.0. The summed E-state index contributed by atoms with van der Waals surface area (Å²) in [5, 5.41) is 22.9. The molecular formula is C25H26Cl2N2O7. The van der Waals surface area contributed by atoms with Crippen LogP contribution in [0.25, 0.3) is 0 Å². The number of nitro groups is 2. The summed E-state index contributed by atoms with van der Waals surface area (Å²) in [4.78, 5) is 34.1. The molecule has 2 saturated carbocycles. The summed E-state index contributed by atoms with van der Waals surface area (Å²) >= 11 is 12.3. The zero-order valence-electron chi connectivity index (χ0n) is 19.5. The molecule has 9 nitrogen and oxygen atoms in total. The smallest absolute Gasteiger partial charge is 0.429 e. The molecule has 2 aromatic rings. The molecule has 2 fully saturated rings. The van der Waals surface area contributed by atoms with E-state index in [0.717, 1.165) is 62.5 Å². The topological polar surface area (TPSA) is 122 Å². The van der Waals surface area contributed by atoms with Gasteiger partial charge in [-0.05, 0) is 71.9 Å². The van der Waals surface area contributed by atoms with Crippen molar-refractivity contribution in [3.63, 3.8) is 0 Å². The fraction of sp³-hybridized carbons (Fsp3) is 0.480. The van der Waals surface area contributed by atoms with Crippen LogP contribution in [0.3, 0.4) is 0 Å². The fourth-order valence-electron chi connectivity index (χ4n) is 5.32. The molecule has 0 unspecified atom stereocenters. The van der Waals surface area contributed by atoms with Crippen molar-refractivity contribution in [2.75, 3.05) is 0 Å². The van der Waals surface area contributed by atoms with E-state index in [1.165, 1.54) is 12.1 Å². The molecule has 4 rings (SSSR count). The predicted octanol–water partition coefficient (Wildman–Crippen LogP) is 7.98. The van der Waals surface area contributed by atoms with Crippen LogP contribution in [0.1, 0.15) is 85.5 Å². The molecule has 0 aromatic heterocycles. The zero-order chi connectivity index (χ0) is 25.8. The molecular weight excluding hydrogens is 511 g/mol. The lowest BCUT2D eigenvalue weighted by atomic mass is 9.92. The van der Waals surface area contributed by atoms with Gasteiger partial charge in [-0.1, -0.05) is 48.9 Å². The van der Waals surface area contributed by atoms with Gasteiger partial charge in [0.15, 0.2) is 0 Å². The minimum atomic E-state index is -0.972. The van der Waals surface area contributed by atoms with Gasteiger partial charge in [-0.25, -0.2) is 4.79 Å². The Kier molecular flexibility index (Phi) is 8.31. The lowest BCUT2D eigenvalue weighted by Gasteiger charge is -2.17. The highest BCUT2D eigenvalue weighted by Crippen LogP contribution is 2.41. The minimum Gasteiger partial charge on any atom is -0.429 e. The monoisotopic (exact) mass is 536 g/mol. The van der Waals surface area contributed by atoms with Crippen molar-refractivity contribution in [3.8, 4) is 0 Å². The fourth-order valence-corrected chi connectivity index (χ4v) is 5.80. The first-order chi connectivity index (χ1) is 17.2. The van der Waals surface area contributed by atoms with E-state index in [-0.39, 0.29) is 46.5 Å². The van der Waals surface area contributed by atoms with Crippen molar-refractivity contribution in [2.45, 2.75) is 76.4 Å². The van der Waals surface area contributed by atoms with Gasteiger partial charge < -0.3 is 9.47 Å². The first kappa shape index (κ1) is 26.2. The van der Waals surface area contributed by atoms with Crippen molar-refractivity contribution < 1.29 is 24.1 Å². The number of carbonyl (C=O) groups is 1. The Bertz CT molecular complexity index is 1090.